The average Bonchev–Trinajstić information content (AvgIpc) is 2.90. The molecule has 0 heterocycles. The molecular formula is C30H45N2O7P. The van der Waals surface area contributed by atoms with Gasteiger partial charge in [-0.1, -0.05) is 26.0 Å². The lowest BCUT2D eigenvalue weighted by Gasteiger charge is -2.26. The maximum atomic E-state index is 13.9. The van der Waals surface area contributed by atoms with Crippen molar-refractivity contribution in [3.63, 3.8) is 0 Å². The van der Waals surface area contributed by atoms with Crippen molar-refractivity contribution in [2.75, 3.05) is 19.6 Å². The Morgan fingerprint density at radius 3 is 1.90 bits per heavy atom. The van der Waals surface area contributed by atoms with Gasteiger partial charge in [-0.3, -0.25) is 14.2 Å². The Morgan fingerprint density at radius 1 is 0.900 bits per heavy atom. The lowest BCUT2D eigenvalue weighted by molar-refractivity contribution is -0.145. The number of phenols is 1. The van der Waals surface area contributed by atoms with E-state index in [9.17, 15) is 19.3 Å². The maximum Gasteiger partial charge on any atom is 0.323 e. The molecule has 0 radical (unpaired) electrons. The predicted octanol–water partition coefficient (Wildman–Crippen LogP) is 5.73. The second-order valence-corrected chi connectivity index (χ2v) is 12.4. The Hall–Kier alpha value is -2.87. The summed E-state index contributed by atoms with van der Waals surface area (Å²) in [4.78, 5) is 24.4. The van der Waals surface area contributed by atoms with E-state index in [0.29, 0.717) is 17.9 Å². The molecule has 0 aliphatic carbocycles. The number of phenolic OH excluding ortho intramolecular Hbond substituents is 1. The van der Waals surface area contributed by atoms with Gasteiger partial charge in [-0.05, 0) is 106 Å². The third kappa shape index (κ3) is 9.36. The minimum atomic E-state index is -3.62. The number of carbonyl (C=O) groups excluding carboxylic acids is 2. The zero-order valence-electron chi connectivity index (χ0n) is 25.0. The first-order valence-electron chi connectivity index (χ1n) is 13.9. The molecule has 222 valence electrons. The summed E-state index contributed by atoms with van der Waals surface area (Å²) in [5.41, 5.74) is 5.19. The van der Waals surface area contributed by atoms with Gasteiger partial charge in [0.2, 0.25) is 7.44 Å². The van der Waals surface area contributed by atoms with E-state index in [1.165, 1.54) is 0 Å². The van der Waals surface area contributed by atoms with Crippen LogP contribution in [0.2, 0.25) is 0 Å². The van der Waals surface area contributed by atoms with Crippen LogP contribution < -0.4 is 14.9 Å². The van der Waals surface area contributed by atoms with Crippen LogP contribution in [0.4, 0.5) is 0 Å². The van der Waals surface area contributed by atoms with Crippen LogP contribution in [0.15, 0.2) is 30.3 Å². The second kappa shape index (κ2) is 15.2. The summed E-state index contributed by atoms with van der Waals surface area (Å²) in [7, 11) is -3.62. The van der Waals surface area contributed by atoms with Gasteiger partial charge < -0.3 is 19.3 Å². The molecule has 0 bridgehead atoms. The molecule has 9 nitrogen and oxygen atoms in total. The SMILES string of the molecule is CCOC(=O)[C@H](C)NP(=O)(COc1cc(C)c(Cc2ccc(O)c(C(C)CC)c2)c(C)c1)N[C@@H](C)C(=O)OCC. The van der Waals surface area contributed by atoms with Crippen LogP contribution in [0.25, 0.3) is 0 Å². The maximum absolute atomic E-state index is 13.9. The van der Waals surface area contributed by atoms with E-state index >= 15 is 0 Å². The normalized spacial score (nSPS) is 13.8. The van der Waals surface area contributed by atoms with Gasteiger partial charge in [0.15, 0.2) is 6.35 Å². The number of nitrogens with one attached hydrogen (secondary N) is 2. The number of esters is 2. The highest BCUT2D eigenvalue weighted by Gasteiger charge is 2.32. The summed E-state index contributed by atoms with van der Waals surface area (Å²) in [5.74, 6) is -0.0308. The number of aryl methyl sites for hydroxylation is 2. The molecule has 2 aromatic rings. The van der Waals surface area contributed by atoms with Gasteiger partial charge in [0.1, 0.15) is 23.6 Å². The smallest absolute Gasteiger partial charge is 0.323 e. The highest BCUT2D eigenvalue weighted by Crippen LogP contribution is 2.39. The molecule has 1 unspecified atom stereocenters. The number of carbonyl (C=O) groups is 2. The van der Waals surface area contributed by atoms with Crippen molar-refractivity contribution in [3.8, 4) is 11.5 Å². The Labute approximate surface area is 238 Å². The molecule has 0 spiro atoms. The fourth-order valence-corrected chi connectivity index (χ4v) is 6.41. The van der Waals surface area contributed by atoms with Crippen LogP contribution in [0, 0.1) is 13.8 Å². The summed E-state index contributed by atoms with van der Waals surface area (Å²) in [5, 5.41) is 15.9. The molecule has 3 atom stereocenters. The van der Waals surface area contributed by atoms with Crippen molar-refractivity contribution in [2.24, 2.45) is 0 Å². The molecule has 10 heteroatoms. The molecule has 2 rings (SSSR count). The average molecular weight is 577 g/mol. The fourth-order valence-electron chi connectivity index (χ4n) is 4.39. The van der Waals surface area contributed by atoms with Crippen molar-refractivity contribution in [1.29, 1.82) is 0 Å². The summed E-state index contributed by atoms with van der Waals surface area (Å²) in [6, 6.07) is 7.73. The van der Waals surface area contributed by atoms with Crippen molar-refractivity contribution < 1.29 is 33.5 Å². The summed E-state index contributed by atoms with van der Waals surface area (Å²) >= 11 is 0. The number of aromatic hydroxyl groups is 1. The number of benzene rings is 2. The molecule has 2 aromatic carbocycles. The van der Waals surface area contributed by atoms with E-state index < -0.39 is 31.5 Å². The third-order valence-corrected chi connectivity index (χ3v) is 8.88. The molecule has 0 amide bonds. The van der Waals surface area contributed by atoms with Crippen molar-refractivity contribution in [2.45, 2.75) is 86.2 Å². The molecule has 0 aliphatic heterocycles. The van der Waals surface area contributed by atoms with Gasteiger partial charge >= 0.3 is 11.9 Å². The monoisotopic (exact) mass is 576 g/mol. The van der Waals surface area contributed by atoms with Gasteiger partial charge in [-0.25, -0.2) is 10.2 Å². The molecule has 40 heavy (non-hydrogen) atoms. The first-order valence-corrected chi connectivity index (χ1v) is 15.8. The molecule has 0 saturated heterocycles. The highest BCUT2D eigenvalue weighted by molar-refractivity contribution is 7.59. The van der Waals surface area contributed by atoms with E-state index in [-0.39, 0.29) is 25.5 Å². The molecule has 0 saturated carbocycles. The fraction of sp³-hybridized carbons (Fsp3) is 0.533. The predicted molar refractivity (Wildman–Crippen MR) is 157 cm³/mol. The minimum Gasteiger partial charge on any atom is -0.508 e. The van der Waals surface area contributed by atoms with Gasteiger partial charge in [-0.15, -0.1) is 0 Å². The van der Waals surface area contributed by atoms with Crippen LogP contribution in [-0.2, 0) is 30.0 Å². The molecule has 3 N–H and O–H groups in total. The molecule has 0 aromatic heterocycles. The van der Waals surface area contributed by atoms with Crippen molar-refractivity contribution >= 4 is 19.4 Å². The van der Waals surface area contributed by atoms with Crippen LogP contribution in [0.3, 0.4) is 0 Å². The zero-order valence-corrected chi connectivity index (χ0v) is 25.9. The van der Waals surface area contributed by atoms with Gasteiger partial charge in [-0.2, -0.15) is 0 Å². The Morgan fingerprint density at radius 2 is 1.43 bits per heavy atom. The Balaban J connectivity index is 2.25. The van der Waals surface area contributed by atoms with Crippen LogP contribution >= 0.6 is 7.44 Å². The molecule has 0 fully saturated rings. The van der Waals surface area contributed by atoms with E-state index in [1.807, 2.05) is 32.0 Å². The van der Waals surface area contributed by atoms with E-state index in [0.717, 1.165) is 34.2 Å². The topological polar surface area (TPSA) is 123 Å². The standard InChI is InChI=1S/C30H45N2O7P/c1-9-19(4)27-17-24(12-13-28(27)33)16-26-20(5)14-25(15-21(26)6)39-18-40(36,31-22(7)29(34)37-10-2)32-23(8)30(35)38-11-3/h12-15,17,19,22-23,33H,9-11,16,18H2,1-8H3,(H2,31,32,36)/t19?,22-,23-/m0/s1. The number of hydrogen-bond acceptors (Lipinski definition) is 7. The van der Waals surface area contributed by atoms with Crippen LogP contribution in [0.1, 0.15) is 81.7 Å². The highest BCUT2D eigenvalue weighted by atomic mass is 31.2. The molecular weight excluding hydrogens is 531 g/mol. The van der Waals surface area contributed by atoms with E-state index in [1.54, 1.807) is 33.8 Å². The quantitative estimate of drug-likeness (QED) is 0.180. The first kappa shape index (κ1) is 33.3. The van der Waals surface area contributed by atoms with Gasteiger partial charge in [0.25, 0.3) is 0 Å². The van der Waals surface area contributed by atoms with Gasteiger partial charge in [0.05, 0.1) is 13.2 Å². The summed E-state index contributed by atoms with van der Waals surface area (Å²) in [6.07, 6.45) is 1.32. The first-order chi connectivity index (χ1) is 18.8. The lowest BCUT2D eigenvalue weighted by atomic mass is 9.91. The van der Waals surface area contributed by atoms with E-state index in [2.05, 4.69) is 30.1 Å². The molecule has 0 aliphatic rings. The van der Waals surface area contributed by atoms with Crippen molar-refractivity contribution in [1.82, 2.24) is 10.2 Å². The third-order valence-electron chi connectivity index (χ3n) is 6.78. The zero-order chi connectivity index (χ0) is 30.0. The Kier molecular flexibility index (Phi) is 12.7. The van der Waals surface area contributed by atoms with Gasteiger partial charge in [0, 0.05) is 0 Å². The van der Waals surface area contributed by atoms with Crippen LogP contribution in [-0.4, -0.2) is 48.7 Å². The van der Waals surface area contributed by atoms with Crippen LogP contribution in [0.5, 0.6) is 11.5 Å². The number of ether oxygens (including phenoxy) is 3. The number of hydrogen-bond donors (Lipinski definition) is 3. The lowest BCUT2D eigenvalue weighted by Crippen LogP contribution is -2.43. The number of rotatable bonds is 15. The minimum absolute atomic E-state index is 0.187. The second-order valence-electron chi connectivity index (χ2n) is 10.1. The largest absolute Gasteiger partial charge is 0.508 e. The van der Waals surface area contributed by atoms with E-state index in [4.69, 9.17) is 14.2 Å². The Bertz CT molecular complexity index is 1160. The summed E-state index contributed by atoms with van der Waals surface area (Å²) in [6.45, 7) is 15.0. The van der Waals surface area contributed by atoms with Crippen molar-refractivity contribution in [3.05, 3.63) is 58.1 Å². The summed E-state index contributed by atoms with van der Waals surface area (Å²) < 4.78 is 29.9.